The number of nitrogens with one attached hydrogen (secondary N) is 1. The number of benzene rings is 3. The highest BCUT2D eigenvalue weighted by Gasteiger charge is 2.14. The van der Waals surface area contributed by atoms with E-state index in [2.05, 4.69) is 32.8 Å². The number of tetrazole rings is 1. The third-order valence-corrected chi connectivity index (χ3v) is 6.44. The van der Waals surface area contributed by atoms with Crippen molar-refractivity contribution in [1.29, 1.82) is 0 Å². The summed E-state index contributed by atoms with van der Waals surface area (Å²) in [5, 5.41) is 14.7. The van der Waals surface area contributed by atoms with Gasteiger partial charge in [0, 0.05) is 36.3 Å². The molecule has 8 nitrogen and oxygen atoms in total. The number of fused-ring (bicyclic) bond motifs is 1. The van der Waals surface area contributed by atoms with E-state index in [4.69, 9.17) is 4.74 Å². The molecule has 8 heteroatoms. The lowest BCUT2D eigenvalue weighted by molar-refractivity contribution is -0.130. The Bertz CT molecular complexity index is 1560. The standard InChI is InChI=1S/C31H30N6O2/c1-36(19-18-24-10-4-2-5-11-24)31(38)22-37-21-26(14-8-9-15-30-32-34-35-33-30)28-20-27(16-17-29(28)37)39-23-25-12-6-3-7-13-25/h2-17,20-21H,18-19,22-23H2,1H3,(H,32,33,34,35). The number of nitrogens with zero attached hydrogens (tertiary/aromatic N) is 5. The summed E-state index contributed by atoms with van der Waals surface area (Å²) < 4.78 is 8.08. The Kier molecular flexibility index (Phi) is 8.23. The van der Waals surface area contributed by atoms with Crippen LogP contribution in [0.4, 0.5) is 0 Å². The van der Waals surface area contributed by atoms with Gasteiger partial charge < -0.3 is 14.2 Å². The lowest BCUT2D eigenvalue weighted by atomic mass is 10.1. The Morgan fingerprint density at radius 2 is 1.72 bits per heavy atom. The summed E-state index contributed by atoms with van der Waals surface area (Å²) in [6.45, 7) is 1.39. The van der Waals surface area contributed by atoms with Crippen molar-refractivity contribution in [3.05, 3.63) is 120 Å². The third-order valence-electron chi connectivity index (χ3n) is 6.44. The maximum absolute atomic E-state index is 13.1. The van der Waals surface area contributed by atoms with Crippen molar-refractivity contribution in [3.8, 4) is 5.75 Å². The molecule has 0 aliphatic carbocycles. The topological polar surface area (TPSA) is 88.9 Å². The van der Waals surface area contributed by atoms with Crippen LogP contribution in [0.2, 0.25) is 0 Å². The number of ether oxygens (including phenoxy) is 1. The minimum absolute atomic E-state index is 0.0560. The zero-order valence-electron chi connectivity index (χ0n) is 21.8. The smallest absolute Gasteiger partial charge is 0.242 e. The van der Waals surface area contributed by atoms with E-state index in [0.717, 1.165) is 34.2 Å². The maximum Gasteiger partial charge on any atom is 0.242 e. The van der Waals surface area contributed by atoms with Crippen LogP contribution in [0.1, 0.15) is 22.5 Å². The van der Waals surface area contributed by atoms with Crippen LogP contribution in [-0.2, 0) is 24.4 Å². The predicted octanol–water partition coefficient (Wildman–Crippen LogP) is 5.16. The predicted molar refractivity (Wildman–Crippen MR) is 153 cm³/mol. The Morgan fingerprint density at radius 1 is 0.974 bits per heavy atom. The number of hydrogen-bond acceptors (Lipinski definition) is 5. The molecule has 2 aromatic heterocycles. The molecular weight excluding hydrogens is 488 g/mol. The quantitative estimate of drug-likeness (QED) is 0.244. The average Bonchev–Trinajstić information content (AvgIpc) is 3.62. The van der Waals surface area contributed by atoms with Crippen LogP contribution in [0.25, 0.3) is 23.1 Å². The normalized spacial score (nSPS) is 11.5. The number of carbonyl (C=O) groups excluding carboxylic acids is 1. The maximum atomic E-state index is 13.1. The van der Waals surface area contributed by atoms with Gasteiger partial charge in [-0.15, -0.1) is 5.10 Å². The van der Waals surface area contributed by atoms with Crippen LogP contribution in [0.5, 0.6) is 5.75 Å². The summed E-state index contributed by atoms with van der Waals surface area (Å²) >= 11 is 0. The fraction of sp³-hybridized carbons (Fsp3) is 0.161. The first-order chi connectivity index (χ1) is 19.2. The summed E-state index contributed by atoms with van der Waals surface area (Å²) in [6.07, 6.45) is 10.4. The van der Waals surface area contributed by atoms with Crippen molar-refractivity contribution in [3.63, 3.8) is 0 Å². The van der Waals surface area contributed by atoms with Gasteiger partial charge >= 0.3 is 0 Å². The van der Waals surface area contributed by atoms with Crippen LogP contribution >= 0.6 is 0 Å². The van der Waals surface area contributed by atoms with Gasteiger partial charge in [-0.05, 0) is 52.2 Å². The Morgan fingerprint density at radius 3 is 2.46 bits per heavy atom. The second-order valence-corrected chi connectivity index (χ2v) is 9.22. The molecule has 0 fully saturated rings. The van der Waals surface area contributed by atoms with E-state index in [1.54, 1.807) is 11.0 Å². The van der Waals surface area contributed by atoms with Crippen LogP contribution < -0.4 is 4.74 Å². The summed E-state index contributed by atoms with van der Waals surface area (Å²) in [5.74, 6) is 1.40. The Labute approximate surface area is 227 Å². The molecule has 0 radical (unpaired) electrons. The minimum Gasteiger partial charge on any atom is -0.489 e. The first-order valence-electron chi connectivity index (χ1n) is 12.8. The van der Waals surface area contributed by atoms with Crippen molar-refractivity contribution < 1.29 is 9.53 Å². The van der Waals surface area contributed by atoms with E-state index in [9.17, 15) is 4.79 Å². The fourth-order valence-electron chi connectivity index (χ4n) is 4.27. The number of hydrogen-bond donors (Lipinski definition) is 1. The van der Waals surface area contributed by atoms with E-state index >= 15 is 0 Å². The van der Waals surface area contributed by atoms with Gasteiger partial charge in [0.2, 0.25) is 5.91 Å². The Balaban J connectivity index is 1.35. The van der Waals surface area contributed by atoms with Gasteiger partial charge in [0.05, 0.1) is 0 Å². The molecule has 39 heavy (non-hydrogen) atoms. The lowest BCUT2D eigenvalue weighted by Crippen LogP contribution is -2.31. The van der Waals surface area contributed by atoms with E-state index in [0.29, 0.717) is 19.0 Å². The number of amides is 1. The number of H-pyrrole nitrogens is 1. The number of carbonyl (C=O) groups is 1. The molecule has 3 aromatic carbocycles. The summed E-state index contributed by atoms with van der Waals surface area (Å²) in [6, 6.07) is 26.3. The van der Waals surface area contributed by atoms with Crippen molar-refractivity contribution in [1.82, 2.24) is 30.1 Å². The third kappa shape index (κ3) is 6.87. The second-order valence-electron chi connectivity index (χ2n) is 9.22. The highest BCUT2D eigenvalue weighted by Crippen LogP contribution is 2.28. The van der Waals surface area contributed by atoms with E-state index in [1.807, 2.05) is 103 Å². The molecule has 0 unspecified atom stereocenters. The minimum atomic E-state index is 0.0560. The number of rotatable bonds is 11. The summed E-state index contributed by atoms with van der Waals surface area (Å²) in [5.41, 5.74) is 4.27. The first-order valence-corrected chi connectivity index (χ1v) is 12.8. The van der Waals surface area contributed by atoms with Crippen LogP contribution in [0, 0.1) is 0 Å². The van der Waals surface area contributed by atoms with Crippen molar-refractivity contribution >= 4 is 29.0 Å². The molecule has 0 bridgehead atoms. The lowest BCUT2D eigenvalue weighted by Gasteiger charge is -2.18. The molecule has 0 spiro atoms. The zero-order chi connectivity index (χ0) is 26.9. The van der Waals surface area contributed by atoms with Crippen molar-refractivity contribution in [2.24, 2.45) is 0 Å². The van der Waals surface area contributed by atoms with Crippen LogP contribution in [0.3, 0.4) is 0 Å². The van der Waals surface area contributed by atoms with Gasteiger partial charge in [-0.3, -0.25) is 4.79 Å². The molecule has 5 aromatic rings. The molecule has 5 rings (SSSR count). The van der Waals surface area contributed by atoms with Crippen LogP contribution in [0.15, 0.2) is 97.2 Å². The number of aromatic nitrogens is 5. The van der Waals surface area contributed by atoms with Gasteiger partial charge in [-0.2, -0.15) is 0 Å². The summed E-state index contributed by atoms with van der Waals surface area (Å²) in [4.78, 5) is 14.9. The monoisotopic (exact) mass is 518 g/mol. The van der Waals surface area contributed by atoms with Crippen LogP contribution in [-0.4, -0.2) is 49.6 Å². The molecule has 196 valence electrons. The van der Waals surface area contributed by atoms with Crippen molar-refractivity contribution in [2.75, 3.05) is 13.6 Å². The second kappa shape index (κ2) is 12.5. The van der Waals surface area contributed by atoms with Gasteiger partial charge in [0.1, 0.15) is 18.9 Å². The number of likely N-dealkylation sites (N-methyl/N-ethyl adjacent to an activating group) is 1. The van der Waals surface area contributed by atoms with E-state index < -0.39 is 0 Å². The molecule has 1 N–H and O–H groups in total. The van der Waals surface area contributed by atoms with Gasteiger partial charge in [0.15, 0.2) is 5.82 Å². The largest absolute Gasteiger partial charge is 0.489 e. The first kappa shape index (κ1) is 25.7. The van der Waals surface area contributed by atoms with Gasteiger partial charge in [-0.1, -0.05) is 78.9 Å². The number of aromatic amines is 1. The van der Waals surface area contributed by atoms with E-state index in [1.165, 1.54) is 5.56 Å². The number of allylic oxidation sites excluding steroid dienone is 2. The molecule has 2 heterocycles. The zero-order valence-corrected chi connectivity index (χ0v) is 21.8. The van der Waals surface area contributed by atoms with E-state index in [-0.39, 0.29) is 12.5 Å². The molecule has 0 atom stereocenters. The van der Waals surface area contributed by atoms with Gasteiger partial charge in [-0.25, -0.2) is 5.10 Å². The van der Waals surface area contributed by atoms with Crippen molar-refractivity contribution in [2.45, 2.75) is 19.6 Å². The molecule has 0 saturated heterocycles. The molecule has 0 aliphatic heterocycles. The summed E-state index contributed by atoms with van der Waals surface area (Å²) in [7, 11) is 1.86. The molecular formula is C31H30N6O2. The highest BCUT2D eigenvalue weighted by molar-refractivity contribution is 5.92. The Hall–Kier alpha value is -4.98. The highest BCUT2D eigenvalue weighted by atomic mass is 16.5. The SMILES string of the molecule is CN(CCc1ccccc1)C(=O)Cn1cc(C=CC=Cc2nnn[nH]2)c2cc(OCc3ccccc3)ccc21. The molecule has 1 amide bonds. The molecule has 0 aliphatic rings. The molecule has 0 saturated carbocycles. The average molecular weight is 519 g/mol. The fourth-order valence-corrected chi connectivity index (χ4v) is 4.27. The van der Waals surface area contributed by atoms with Gasteiger partial charge in [0.25, 0.3) is 0 Å².